The number of likely N-dealkylation sites (N-methyl/N-ethyl adjacent to an activating group) is 1. The van der Waals surface area contributed by atoms with Crippen molar-refractivity contribution in [2.24, 2.45) is 0 Å². The first-order valence-corrected chi connectivity index (χ1v) is 2.96. The number of allylic oxidation sites excluding steroid dienone is 3. The fourth-order valence-corrected chi connectivity index (χ4v) is 0.601. The third-order valence-electron chi connectivity index (χ3n) is 0.910. The molecule has 0 rings (SSSR count). The molecule has 0 saturated heterocycles. The van der Waals surface area contributed by atoms with Crippen LogP contribution in [0.3, 0.4) is 0 Å². The summed E-state index contributed by atoms with van der Waals surface area (Å²) in [6.45, 7) is 7.05. The van der Waals surface area contributed by atoms with Crippen molar-refractivity contribution in [2.75, 3.05) is 7.05 Å². The second-order valence-corrected chi connectivity index (χ2v) is 1.83. The van der Waals surface area contributed by atoms with Crippen molar-refractivity contribution >= 4 is 11.6 Å². The van der Waals surface area contributed by atoms with Crippen LogP contribution < -0.4 is 5.32 Å². The average molecular weight is 144 g/mol. The first-order valence-electron chi connectivity index (χ1n) is 2.58. The summed E-state index contributed by atoms with van der Waals surface area (Å²) in [4.78, 5) is 0. The zero-order chi connectivity index (χ0) is 7.28. The van der Waals surface area contributed by atoms with Crippen molar-refractivity contribution in [3.63, 3.8) is 0 Å². The predicted molar refractivity (Wildman–Crippen MR) is 42.3 cm³/mol. The van der Waals surface area contributed by atoms with Gasteiger partial charge in [0.05, 0.1) is 10.7 Å². The summed E-state index contributed by atoms with van der Waals surface area (Å²) < 4.78 is 0. The molecule has 0 amide bonds. The molecule has 1 N–H and O–H groups in total. The van der Waals surface area contributed by atoms with E-state index in [-0.39, 0.29) is 0 Å². The van der Waals surface area contributed by atoms with E-state index in [1.54, 1.807) is 19.2 Å². The van der Waals surface area contributed by atoms with E-state index >= 15 is 0 Å². The van der Waals surface area contributed by atoms with Gasteiger partial charge in [-0.2, -0.15) is 0 Å². The Morgan fingerprint density at radius 1 is 1.44 bits per heavy atom. The van der Waals surface area contributed by atoms with Crippen LogP contribution in [0, 0.1) is 0 Å². The highest BCUT2D eigenvalue weighted by molar-refractivity contribution is 6.31. The molecule has 0 fully saturated rings. The summed E-state index contributed by atoms with van der Waals surface area (Å²) in [6.07, 6.45) is 3.21. The minimum Gasteiger partial charge on any atom is -0.387 e. The lowest BCUT2D eigenvalue weighted by Gasteiger charge is -1.99. The van der Waals surface area contributed by atoms with Crippen molar-refractivity contribution < 1.29 is 0 Å². The Kier molecular flexibility index (Phi) is 3.89. The van der Waals surface area contributed by atoms with E-state index in [1.165, 1.54) is 0 Å². The maximum Gasteiger partial charge on any atom is 0.0631 e. The van der Waals surface area contributed by atoms with Gasteiger partial charge in [-0.1, -0.05) is 24.8 Å². The molecule has 0 aromatic rings. The molecule has 0 radical (unpaired) electrons. The van der Waals surface area contributed by atoms with Crippen molar-refractivity contribution in [3.8, 4) is 0 Å². The number of hydrogen-bond acceptors (Lipinski definition) is 1. The maximum absolute atomic E-state index is 5.66. The van der Waals surface area contributed by atoms with Crippen LogP contribution in [0.4, 0.5) is 0 Å². The molecule has 0 aromatic carbocycles. The molecule has 0 bridgehead atoms. The first kappa shape index (κ1) is 8.31. The molecular weight excluding hydrogens is 134 g/mol. The topological polar surface area (TPSA) is 12.0 Å². The molecule has 1 nitrogen and oxygen atoms in total. The van der Waals surface area contributed by atoms with Crippen LogP contribution in [0.2, 0.25) is 0 Å². The number of nitrogens with one attached hydrogen (secondary N) is 1. The van der Waals surface area contributed by atoms with Gasteiger partial charge in [0, 0.05) is 7.05 Å². The zero-order valence-electron chi connectivity index (χ0n) is 5.45. The van der Waals surface area contributed by atoms with Gasteiger partial charge in [-0.05, 0) is 12.2 Å². The molecule has 0 aliphatic heterocycles. The third-order valence-corrected chi connectivity index (χ3v) is 1.27. The van der Waals surface area contributed by atoms with Crippen molar-refractivity contribution in [1.82, 2.24) is 5.32 Å². The van der Waals surface area contributed by atoms with Gasteiger partial charge < -0.3 is 5.32 Å². The second-order valence-electron chi connectivity index (χ2n) is 1.42. The molecule has 0 saturated carbocycles. The van der Waals surface area contributed by atoms with Gasteiger partial charge in [-0.25, -0.2) is 0 Å². The lowest BCUT2D eigenvalue weighted by molar-refractivity contribution is 1.03. The van der Waals surface area contributed by atoms with Crippen molar-refractivity contribution in [3.05, 3.63) is 36.0 Å². The van der Waals surface area contributed by atoms with E-state index in [0.717, 1.165) is 5.70 Å². The van der Waals surface area contributed by atoms with Crippen LogP contribution in [0.15, 0.2) is 36.0 Å². The van der Waals surface area contributed by atoms with E-state index in [9.17, 15) is 0 Å². The Bertz CT molecular complexity index is 147. The summed E-state index contributed by atoms with van der Waals surface area (Å²) >= 11 is 5.66. The average Bonchev–Trinajstić information content (AvgIpc) is 1.90. The molecule has 0 spiro atoms. The predicted octanol–water partition coefficient (Wildman–Crippen LogP) is 2.03. The molecule has 0 unspecified atom stereocenters. The molecular formula is C7H10ClN. The monoisotopic (exact) mass is 143 g/mol. The Morgan fingerprint density at radius 2 is 2.00 bits per heavy atom. The molecule has 0 aliphatic carbocycles. The lowest BCUT2D eigenvalue weighted by atomic mass is 10.4. The van der Waals surface area contributed by atoms with Crippen LogP contribution in [-0.2, 0) is 0 Å². The lowest BCUT2D eigenvalue weighted by Crippen LogP contribution is -2.03. The van der Waals surface area contributed by atoms with Crippen molar-refractivity contribution in [1.29, 1.82) is 0 Å². The Morgan fingerprint density at radius 3 is 2.11 bits per heavy atom. The van der Waals surface area contributed by atoms with E-state index in [0.29, 0.717) is 5.03 Å². The van der Waals surface area contributed by atoms with E-state index in [2.05, 4.69) is 18.5 Å². The minimum atomic E-state index is 0.590. The number of rotatable bonds is 3. The van der Waals surface area contributed by atoms with Gasteiger partial charge in [0.15, 0.2) is 0 Å². The van der Waals surface area contributed by atoms with Crippen LogP contribution in [-0.4, -0.2) is 7.05 Å². The Labute approximate surface area is 60.7 Å². The number of halogens is 1. The normalized spacial score (nSPS) is 11.8. The largest absolute Gasteiger partial charge is 0.387 e. The molecule has 0 aromatic heterocycles. The molecule has 0 atom stereocenters. The highest BCUT2D eigenvalue weighted by Gasteiger charge is 1.90. The quantitative estimate of drug-likeness (QED) is 0.597. The van der Waals surface area contributed by atoms with Gasteiger partial charge >= 0.3 is 0 Å². The third kappa shape index (κ3) is 2.38. The zero-order valence-corrected chi connectivity index (χ0v) is 6.20. The first-order chi connectivity index (χ1) is 4.26. The smallest absolute Gasteiger partial charge is 0.0631 e. The SMILES string of the molecule is C=C/C(Cl)=C(\C=C)NC. The molecule has 50 valence electrons. The molecule has 0 aliphatic rings. The summed E-state index contributed by atoms with van der Waals surface area (Å²) in [7, 11) is 1.78. The van der Waals surface area contributed by atoms with E-state index in [4.69, 9.17) is 11.6 Å². The molecule has 0 heterocycles. The number of hydrogen-bond donors (Lipinski definition) is 1. The molecule has 2 heteroatoms. The van der Waals surface area contributed by atoms with Crippen molar-refractivity contribution in [2.45, 2.75) is 0 Å². The van der Waals surface area contributed by atoms with E-state index < -0.39 is 0 Å². The van der Waals surface area contributed by atoms with Crippen LogP contribution >= 0.6 is 11.6 Å². The van der Waals surface area contributed by atoms with E-state index in [1.807, 2.05) is 0 Å². The van der Waals surface area contributed by atoms with Crippen LogP contribution in [0.1, 0.15) is 0 Å². The van der Waals surface area contributed by atoms with Crippen LogP contribution in [0.5, 0.6) is 0 Å². The Balaban J connectivity index is 4.36. The fourth-order valence-electron chi connectivity index (χ4n) is 0.429. The van der Waals surface area contributed by atoms with Gasteiger partial charge in [0.2, 0.25) is 0 Å². The fraction of sp³-hybridized carbons (Fsp3) is 0.143. The summed E-state index contributed by atoms with van der Waals surface area (Å²) in [6, 6.07) is 0. The van der Waals surface area contributed by atoms with Crippen LogP contribution in [0.25, 0.3) is 0 Å². The van der Waals surface area contributed by atoms with Gasteiger partial charge in [-0.15, -0.1) is 0 Å². The highest BCUT2D eigenvalue weighted by Crippen LogP contribution is 2.07. The van der Waals surface area contributed by atoms with Gasteiger partial charge in [-0.3, -0.25) is 0 Å². The van der Waals surface area contributed by atoms with Gasteiger partial charge in [0.1, 0.15) is 0 Å². The van der Waals surface area contributed by atoms with Gasteiger partial charge in [0.25, 0.3) is 0 Å². The molecule has 9 heavy (non-hydrogen) atoms. The maximum atomic E-state index is 5.66. The summed E-state index contributed by atoms with van der Waals surface area (Å²) in [5.41, 5.74) is 0.798. The minimum absolute atomic E-state index is 0.590. The Hall–Kier alpha value is -0.690. The highest BCUT2D eigenvalue weighted by atomic mass is 35.5. The standard InChI is InChI=1S/C7H10ClN/c1-4-6(8)7(5-2)9-3/h4-5,9H,1-2H2,3H3/b7-6-. The second kappa shape index (κ2) is 4.21. The summed E-state index contributed by atoms with van der Waals surface area (Å²) in [5.74, 6) is 0. The summed E-state index contributed by atoms with van der Waals surface area (Å²) in [5, 5.41) is 3.45.